The molecule has 4 heteroatoms. The van der Waals surface area contributed by atoms with Crippen LogP contribution in [0.15, 0.2) is 40.2 Å². The maximum Gasteiger partial charge on any atom is 0.129 e. The van der Waals surface area contributed by atoms with Crippen molar-refractivity contribution in [2.24, 2.45) is 5.73 Å². The molecule has 2 N–H and O–H groups in total. The predicted molar refractivity (Wildman–Crippen MR) is 64.4 cm³/mol. The molecule has 2 rings (SSSR count). The smallest absolute Gasteiger partial charge is 0.129 e. The van der Waals surface area contributed by atoms with Gasteiger partial charge in [-0.05, 0) is 23.6 Å². The summed E-state index contributed by atoms with van der Waals surface area (Å²) in [5.74, 6) is -0.273. The third-order valence-corrected chi connectivity index (χ3v) is 3.60. The molecule has 1 aromatic carbocycles. The van der Waals surface area contributed by atoms with Crippen LogP contribution < -0.4 is 5.73 Å². The van der Waals surface area contributed by atoms with Gasteiger partial charge in [-0.1, -0.05) is 28.1 Å². The maximum absolute atomic E-state index is 13.6. The van der Waals surface area contributed by atoms with E-state index in [9.17, 15) is 4.39 Å². The highest BCUT2D eigenvalue weighted by atomic mass is 79.9. The average molecular weight is 286 g/mol. The molecule has 0 aliphatic rings. The van der Waals surface area contributed by atoms with Crippen molar-refractivity contribution < 1.29 is 4.39 Å². The Morgan fingerprint density at radius 3 is 2.73 bits per heavy atom. The summed E-state index contributed by atoms with van der Waals surface area (Å²) in [6.07, 6.45) is 0. The molecule has 15 heavy (non-hydrogen) atoms. The Morgan fingerprint density at radius 2 is 2.13 bits per heavy atom. The Labute approximate surface area is 99.9 Å². The zero-order valence-corrected chi connectivity index (χ0v) is 10.2. The lowest BCUT2D eigenvalue weighted by Crippen LogP contribution is -2.11. The van der Waals surface area contributed by atoms with Gasteiger partial charge >= 0.3 is 0 Å². The fraction of sp³-hybridized carbons (Fsp3) is 0.0909. The number of nitrogens with two attached hydrogens (primary N) is 1. The highest BCUT2D eigenvalue weighted by Crippen LogP contribution is 2.27. The fourth-order valence-corrected chi connectivity index (χ4v) is 2.45. The van der Waals surface area contributed by atoms with Gasteiger partial charge in [0, 0.05) is 14.9 Å². The Hall–Kier alpha value is -0.710. The first kappa shape index (κ1) is 10.8. The molecule has 1 aromatic heterocycles. The van der Waals surface area contributed by atoms with Crippen molar-refractivity contribution in [3.8, 4) is 0 Å². The van der Waals surface area contributed by atoms with E-state index in [1.165, 1.54) is 17.4 Å². The summed E-state index contributed by atoms with van der Waals surface area (Å²) in [6.45, 7) is 0. The zero-order chi connectivity index (χ0) is 10.8. The van der Waals surface area contributed by atoms with Crippen LogP contribution in [0.25, 0.3) is 0 Å². The van der Waals surface area contributed by atoms with E-state index in [4.69, 9.17) is 5.73 Å². The molecule has 1 atom stereocenters. The number of benzene rings is 1. The molecule has 2 aromatic rings. The summed E-state index contributed by atoms with van der Waals surface area (Å²) >= 11 is 4.75. The fourth-order valence-electron chi connectivity index (χ4n) is 1.38. The second kappa shape index (κ2) is 4.43. The van der Waals surface area contributed by atoms with Crippen molar-refractivity contribution in [2.45, 2.75) is 6.04 Å². The SMILES string of the molecule is N[C@H](c1cccs1)c1ccc(Br)cc1F. The lowest BCUT2D eigenvalue weighted by atomic mass is 10.1. The van der Waals surface area contributed by atoms with Crippen LogP contribution in [-0.2, 0) is 0 Å². The van der Waals surface area contributed by atoms with E-state index in [0.29, 0.717) is 5.56 Å². The molecule has 0 saturated carbocycles. The molecule has 78 valence electrons. The van der Waals surface area contributed by atoms with E-state index in [1.807, 2.05) is 17.5 Å². The van der Waals surface area contributed by atoms with Crippen molar-refractivity contribution in [1.29, 1.82) is 0 Å². The van der Waals surface area contributed by atoms with Gasteiger partial charge < -0.3 is 5.73 Å². The van der Waals surface area contributed by atoms with E-state index in [1.54, 1.807) is 12.1 Å². The van der Waals surface area contributed by atoms with Gasteiger partial charge in [0.25, 0.3) is 0 Å². The molecule has 0 aliphatic heterocycles. The van der Waals surface area contributed by atoms with Crippen molar-refractivity contribution in [3.05, 3.63) is 56.4 Å². The van der Waals surface area contributed by atoms with Crippen molar-refractivity contribution in [2.75, 3.05) is 0 Å². The number of halogens is 2. The Bertz CT molecular complexity index is 456. The minimum atomic E-state index is -0.377. The first-order valence-corrected chi connectivity index (χ1v) is 6.09. The molecule has 0 radical (unpaired) electrons. The summed E-state index contributed by atoms with van der Waals surface area (Å²) in [6, 6.07) is 8.39. The van der Waals surface area contributed by atoms with Crippen LogP contribution >= 0.6 is 27.3 Å². The second-order valence-electron chi connectivity index (χ2n) is 3.16. The van der Waals surface area contributed by atoms with Crippen molar-refractivity contribution >= 4 is 27.3 Å². The van der Waals surface area contributed by atoms with Gasteiger partial charge in [-0.3, -0.25) is 0 Å². The van der Waals surface area contributed by atoms with Crippen LogP contribution in [0.3, 0.4) is 0 Å². The van der Waals surface area contributed by atoms with E-state index >= 15 is 0 Å². The zero-order valence-electron chi connectivity index (χ0n) is 7.78. The quantitative estimate of drug-likeness (QED) is 0.895. The predicted octanol–water partition coefficient (Wildman–Crippen LogP) is 3.70. The van der Waals surface area contributed by atoms with Crippen LogP contribution in [0.2, 0.25) is 0 Å². The second-order valence-corrected chi connectivity index (χ2v) is 5.05. The van der Waals surface area contributed by atoms with E-state index < -0.39 is 0 Å². The minimum Gasteiger partial charge on any atom is -0.320 e. The molecular weight excluding hydrogens is 277 g/mol. The molecule has 0 bridgehead atoms. The van der Waals surface area contributed by atoms with Crippen molar-refractivity contribution in [3.63, 3.8) is 0 Å². The van der Waals surface area contributed by atoms with Gasteiger partial charge in [0.15, 0.2) is 0 Å². The van der Waals surface area contributed by atoms with Gasteiger partial charge in [-0.25, -0.2) is 4.39 Å². The van der Waals surface area contributed by atoms with Crippen LogP contribution in [0.5, 0.6) is 0 Å². The summed E-state index contributed by atoms with van der Waals surface area (Å²) in [4.78, 5) is 0.969. The lowest BCUT2D eigenvalue weighted by molar-refractivity contribution is 0.600. The molecule has 0 unspecified atom stereocenters. The van der Waals surface area contributed by atoms with Crippen LogP contribution in [0, 0.1) is 5.82 Å². The van der Waals surface area contributed by atoms with Crippen LogP contribution in [-0.4, -0.2) is 0 Å². The van der Waals surface area contributed by atoms with Gasteiger partial charge in [0.1, 0.15) is 5.82 Å². The molecule has 0 aliphatic carbocycles. The number of rotatable bonds is 2. The standard InChI is InChI=1S/C11H9BrFNS/c12-7-3-4-8(9(13)6-7)11(14)10-2-1-5-15-10/h1-6,11H,14H2/t11-/m0/s1. The third-order valence-electron chi connectivity index (χ3n) is 2.15. The molecule has 1 heterocycles. The first-order valence-electron chi connectivity index (χ1n) is 4.42. The topological polar surface area (TPSA) is 26.0 Å². The normalized spacial score (nSPS) is 12.7. The van der Waals surface area contributed by atoms with Gasteiger partial charge in [0.2, 0.25) is 0 Å². The summed E-state index contributed by atoms with van der Waals surface area (Å²) in [5, 5.41) is 1.94. The monoisotopic (exact) mass is 285 g/mol. The van der Waals surface area contributed by atoms with E-state index in [-0.39, 0.29) is 11.9 Å². The first-order chi connectivity index (χ1) is 7.18. The highest BCUT2D eigenvalue weighted by Gasteiger charge is 2.14. The van der Waals surface area contributed by atoms with E-state index in [0.717, 1.165) is 9.35 Å². The molecule has 0 saturated heterocycles. The summed E-state index contributed by atoms with van der Waals surface area (Å²) in [7, 11) is 0. The number of hydrogen-bond donors (Lipinski definition) is 1. The minimum absolute atomic E-state index is 0.273. The molecule has 0 spiro atoms. The maximum atomic E-state index is 13.6. The lowest BCUT2D eigenvalue weighted by Gasteiger charge is -2.11. The molecular formula is C11H9BrFNS. The van der Waals surface area contributed by atoms with Gasteiger partial charge in [-0.15, -0.1) is 11.3 Å². The molecule has 0 fully saturated rings. The average Bonchev–Trinajstić information content (AvgIpc) is 2.69. The Kier molecular flexibility index (Phi) is 3.19. The molecule has 0 amide bonds. The molecule has 1 nitrogen and oxygen atoms in total. The van der Waals surface area contributed by atoms with Crippen LogP contribution in [0.1, 0.15) is 16.5 Å². The third kappa shape index (κ3) is 2.27. The Balaban J connectivity index is 2.38. The summed E-state index contributed by atoms with van der Waals surface area (Å²) in [5.41, 5.74) is 6.50. The Morgan fingerprint density at radius 1 is 1.33 bits per heavy atom. The van der Waals surface area contributed by atoms with Crippen molar-refractivity contribution in [1.82, 2.24) is 0 Å². The number of thiophene rings is 1. The highest BCUT2D eigenvalue weighted by molar-refractivity contribution is 9.10. The van der Waals surface area contributed by atoms with Gasteiger partial charge in [0.05, 0.1) is 6.04 Å². The number of hydrogen-bond acceptors (Lipinski definition) is 2. The van der Waals surface area contributed by atoms with Gasteiger partial charge in [-0.2, -0.15) is 0 Å². The van der Waals surface area contributed by atoms with E-state index in [2.05, 4.69) is 15.9 Å². The largest absolute Gasteiger partial charge is 0.320 e. The van der Waals surface area contributed by atoms with Crippen LogP contribution in [0.4, 0.5) is 4.39 Å². The summed E-state index contributed by atoms with van der Waals surface area (Å²) < 4.78 is 14.3.